The predicted octanol–water partition coefficient (Wildman–Crippen LogP) is 2.79. The molecule has 4 atom stereocenters. The third-order valence-corrected chi connectivity index (χ3v) is 7.87. The van der Waals surface area contributed by atoms with Gasteiger partial charge in [-0.3, -0.25) is 19.2 Å². The van der Waals surface area contributed by atoms with Crippen molar-refractivity contribution in [2.75, 3.05) is 7.11 Å². The number of halogens is 1. The maximum Gasteiger partial charge on any atom is 0.328 e. The highest BCUT2D eigenvalue weighted by molar-refractivity contribution is 9.12. The number of phenolic OH excluding ortho intramolecular Hbond substituents is 1. The van der Waals surface area contributed by atoms with E-state index in [1.165, 1.54) is 19.3 Å². The molecule has 0 aromatic heterocycles. The van der Waals surface area contributed by atoms with Crippen molar-refractivity contribution in [2.24, 2.45) is 29.4 Å². The largest absolute Gasteiger partial charge is 0.504 e. The van der Waals surface area contributed by atoms with Crippen LogP contribution >= 0.6 is 15.9 Å². The first-order valence-corrected chi connectivity index (χ1v) is 12.0. The second kappa shape index (κ2) is 8.70. The quantitative estimate of drug-likeness (QED) is 0.333. The summed E-state index contributed by atoms with van der Waals surface area (Å²) in [7, 11) is 1.43. The van der Waals surface area contributed by atoms with Gasteiger partial charge in [-0.2, -0.15) is 4.90 Å². The van der Waals surface area contributed by atoms with Gasteiger partial charge >= 0.3 is 6.03 Å². The van der Waals surface area contributed by atoms with Crippen LogP contribution in [-0.2, 0) is 19.2 Å². The molecule has 1 aromatic rings. The van der Waals surface area contributed by atoms with Crippen molar-refractivity contribution in [1.82, 2.24) is 4.90 Å². The van der Waals surface area contributed by atoms with E-state index >= 15 is 0 Å². The van der Waals surface area contributed by atoms with E-state index in [2.05, 4.69) is 15.9 Å². The Kier molecular flexibility index (Phi) is 5.78. The van der Waals surface area contributed by atoms with Gasteiger partial charge in [0.25, 0.3) is 0 Å². The van der Waals surface area contributed by atoms with Gasteiger partial charge in [0.1, 0.15) is 0 Å². The van der Waals surface area contributed by atoms with Gasteiger partial charge in [0.15, 0.2) is 23.1 Å². The Bertz CT molecular complexity index is 1390. The van der Waals surface area contributed by atoms with Gasteiger partial charge in [-0.25, -0.2) is 4.79 Å². The van der Waals surface area contributed by atoms with Crippen LogP contribution in [0.25, 0.3) is 6.08 Å². The molecule has 1 aliphatic heterocycles. The molecule has 36 heavy (non-hydrogen) atoms. The Morgan fingerprint density at radius 1 is 1.19 bits per heavy atom. The van der Waals surface area contributed by atoms with Crippen molar-refractivity contribution in [3.8, 4) is 11.5 Å². The molecule has 1 fully saturated rings. The number of imide groups is 3. The average Bonchev–Trinajstić information content (AvgIpc) is 3.11. The van der Waals surface area contributed by atoms with E-state index < -0.39 is 41.5 Å². The number of rotatable bonds is 3. The Morgan fingerprint density at radius 3 is 2.64 bits per heavy atom. The minimum Gasteiger partial charge on any atom is -0.504 e. The smallest absolute Gasteiger partial charge is 0.328 e. The number of fused-ring (bicyclic) bond motifs is 3. The van der Waals surface area contributed by atoms with Crippen LogP contribution in [0.4, 0.5) is 4.79 Å². The normalized spacial score (nSPS) is 27.6. The molecule has 4 amide bonds. The first-order valence-electron chi connectivity index (χ1n) is 11.3. The van der Waals surface area contributed by atoms with Gasteiger partial charge in [0.05, 0.1) is 23.4 Å². The minimum absolute atomic E-state index is 0.0233. The second-order valence-electron chi connectivity index (χ2n) is 9.08. The molecule has 3 aliphatic carbocycles. The number of aromatic hydroxyl groups is 1. The van der Waals surface area contributed by atoms with Gasteiger partial charge in [-0.05, 0) is 52.4 Å². The van der Waals surface area contributed by atoms with Crippen LogP contribution in [0.5, 0.6) is 11.5 Å². The lowest BCUT2D eigenvalue weighted by atomic mass is 9.61. The van der Waals surface area contributed by atoms with Gasteiger partial charge in [-0.15, -0.1) is 0 Å². The second-order valence-corrected chi connectivity index (χ2v) is 9.93. The molecular formula is C26H21BrN2O7. The molecule has 5 rings (SSSR count). The lowest BCUT2D eigenvalue weighted by molar-refractivity contribution is -0.136. The van der Waals surface area contributed by atoms with Crippen molar-refractivity contribution in [3.63, 3.8) is 0 Å². The zero-order valence-electron chi connectivity index (χ0n) is 19.1. The van der Waals surface area contributed by atoms with Crippen molar-refractivity contribution in [2.45, 2.75) is 12.8 Å². The number of carbonyl (C=O) groups is 5. The number of urea groups is 1. The molecule has 4 unspecified atom stereocenters. The number of benzene rings is 1. The maximum atomic E-state index is 13.1. The summed E-state index contributed by atoms with van der Waals surface area (Å²) in [5.74, 6) is -4.50. The number of ketones is 2. The molecule has 10 heteroatoms. The standard InChI is InChI=1S/C26H21BrN2O7/c1-36-20-8-11(3-7-18(20)30)2-4-13-12-5-6-14-22(25(34)29(24(14)33)26(28)35)15(12)9-16-21(13)19(31)10-17(27)23(16)32/h2-5,7-8,10,13-15,22,30H,6,9H2,1H3,(H2,28,35). The van der Waals surface area contributed by atoms with Crippen LogP contribution in [0.1, 0.15) is 18.4 Å². The highest BCUT2D eigenvalue weighted by atomic mass is 79.9. The molecule has 4 aliphatic rings. The SMILES string of the molecule is COc1cc(C=CC2C3=CCC4C(=O)N(C(N)=O)C(=O)C4C3CC3=C2C(=O)C=C(Br)C3=O)ccc1O. The summed E-state index contributed by atoms with van der Waals surface area (Å²) in [6, 6.07) is 3.65. The summed E-state index contributed by atoms with van der Waals surface area (Å²) in [5, 5.41) is 9.89. The number of hydrogen-bond acceptors (Lipinski definition) is 7. The lowest BCUT2D eigenvalue weighted by Crippen LogP contribution is -2.42. The fraction of sp³-hybridized carbons (Fsp3) is 0.269. The van der Waals surface area contributed by atoms with Crippen LogP contribution < -0.4 is 10.5 Å². The minimum atomic E-state index is -1.12. The van der Waals surface area contributed by atoms with E-state index in [0.29, 0.717) is 16.0 Å². The van der Waals surface area contributed by atoms with Crippen molar-refractivity contribution in [1.29, 1.82) is 0 Å². The number of allylic oxidation sites excluding steroid dienone is 7. The van der Waals surface area contributed by atoms with Crippen LogP contribution in [0.15, 0.2) is 57.6 Å². The summed E-state index contributed by atoms with van der Waals surface area (Å²) in [5.41, 5.74) is 7.35. The zero-order valence-corrected chi connectivity index (χ0v) is 20.7. The first kappa shape index (κ1) is 23.9. The number of Topliss-reactive ketones (excluding diaryl/α,β-unsaturated/α-hetero) is 1. The molecule has 3 N–H and O–H groups in total. The van der Waals surface area contributed by atoms with Crippen molar-refractivity contribution >= 4 is 51.4 Å². The summed E-state index contributed by atoms with van der Waals surface area (Å²) in [6.45, 7) is 0. The fourth-order valence-electron chi connectivity index (χ4n) is 5.71. The topological polar surface area (TPSA) is 144 Å². The van der Waals surface area contributed by atoms with Gasteiger partial charge in [-0.1, -0.05) is 29.9 Å². The van der Waals surface area contributed by atoms with Crippen molar-refractivity contribution < 1.29 is 33.8 Å². The number of amides is 4. The Morgan fingerprint density at radius 2 is 1.94 bits per heavy atom. The number of nitrogens with two attached hydrogens (primary N) is 1. The third-order valence-electron chi connectivity index (χ3n) is 7.28. The van der Waals surface area contributed by atoms with E-state index in [-0.39, 0.29) is 46.0 Å². The Hall–Kier alpha value is -3.79. The predicted molar refractivity (Wildman–Crippen MR) is 130 cm³/mol. The molecule has 1 heterocycles. The number of methoxy groups -OCH3 is 1. The molecule has 0 saturated carbocycles. The summed E-state index contributed by atoms with van der Waals surface area (Å²) < 4.78 is 5.29. The molecular weight excluding hydrogens is 532 g/mol. The molecule has 1 aromatic carbocycles. The lowest BCUT2D eigenvalue weighted by Gasteiger charge is -2.41. The number of phenols is 1. The molecule has 1 saturated heterocycles. The molecule has 184 valence electrons. The number of primary amides is 1. The number of hydrogen-bond donors (Lipinski definition) is 2. The van der Waals surface area contributed by atoms with Crippen LogP contribution in [0, 0.1) is 23.7 Å². The summed E-state index contributed by atoms with van der Waals surface area (Å²) >= 11 is 3.16. The third kappa shape index (κ3) is 3.55. The number of ether oxygens (including phenoxy) is 1. The van der Waals surface area contributed by atoms with Gasteiger partial charge in [0.2, 0.25) is 11.8 Å². The van der Waals surface area contributed by atoms with E-state index in [4.69, 9.17) is 10.5 Å². The number of likely N-dealkylation sites (tertiary alicyclic amines) is 1. The monoisotopic (exact) mass is 552 g/mol. The number of carbonyl (C=O) groups excluding carboxylic acids is 5. The molecule has 0 spiro atoms. The maximum absolute atomic E-state index is 13.1. The highest BCUT2D eigenvalue weighted by Crippen LogP contribution is 2.52. The first-order chi connectivity index (χ1) is 17.1. The molecule has 0 bridgehead atoms. The average molecular weight is 553 g/mol. The molecule has 0 radical (unpaired) electrons. The van der Waals surface area contributed by atoms with E-state index in [1.54, 1.807) is 24.3 Å². The van der Waals surface area contributed by atoms with Crippen LogP contribution in [0.3, 0.4) is 0 Å². The number of nitrogens with zero attached hydrogens (tertiary/aromatic N) is 1. The van der Waals surface area contributed by atoms with E-state index in [0.717, 1.165) is 5.57 Å². The van der Waals surface area contributed by atoms with Gasteiger partial charge < -0.3 is 15.6 Å². The van der Waals surface area contributed by atoms with Crippen molar-refractivity contribution in [3.05, 3.63) is 63.2 Å². The van der Waals surface area contributed by atoms with Crippen LogP contribution in [0.2, 0.25) is 0 Å². The summed E-state index contributed by atoms with van der Waals surface area (Å²) in [4.78, 5) is 64.4. The Balaban J connectivity index is 1.61. The van der Waals surface area contributed by atoms with Gasteiger partial charge in [0, 0.05) is 23.1 Å². The summed E-state index contributed by atoms with van der Waals surface area (Å²) in [6.07, 6.45) is 6.91. The zero-order chi connectivity index (χ0) is 25.9. The van der Waals surface area contributed by atoms with Crippen LogP contribution in [-0.4, -0.2) is 46.5 Å². The highest BCUT2D eigenvalue weighted by Gasteiger charge is 2.57. The molecule has 9 nitrogen and oxygen atoms in total. The van der Waals surface area contributed by atoms with E-state index in [9.17, 15) is 29.1 Å². The Labute approximate surface area is 214 Å². The fourth-order valence-corrected chi connectivity index (χ4v) is 6.15. The van der Waals surface area contributed by atoms with E-state index in [1.807, 2.05) is 6.08 Å².